The molecule has 33 heavy (non-hydrogen) atoms. The number of esters is 1. The van der Waals surface area contributed by atoms with Crippen LogP contribution in [0.4, 0.5) is 0 Å². The van der Waals surface area contributed by atoms with Gasteiger partial charge in [0.25, 0.3) is 0 Å². The van der Waals surface area contributed by atoms with Gasteiger partial charge < -0.3 is 25.2 Å². The van der Waals surface area contributed by atoms with E-state index in [9.17, 15) is 24.0 Å². The second-order valence-corrected chi connectivity index (χ2v) is 12.2. The average molecular weight is 503 g/mol. The van der Waals surface area contributed by atoms with E-state index in [1.54, 1.807) is 11.8 Å². The smallest absolute Gasteiger partial charge is 0.328 e. The minimum Gasteiger partial charge on any atom is -0.467 e. The summed E-state index contributed by atoms with van der Waals surface area (Å²) in [6, 6.07) is -1.99. The molecule has 2 aliphatic heterocycles. The summed E-state index contributed by atoms with van der Waals surface area (Å²) in [6.07, 6.45) is 2.86. The highest BCUT2D eigenvalue weighted by atomic mass is 32.2. The van der Waals surface area contributed by atoms with E-state index in [2.05, 4.69) is 10.6 Å². The van der Waals surface area contributed by atoms with Crippen LogP contribution in [0.1, 0.15) is 47.0 Å². The van der Waals surface area contributed by atoms with Gasteiger partial charge in [0, 0.05) is 18.1 Å². The Morgan fingerprint density at radius 2 is 1.48 bits per heavy atom. The summed E-state index contributed by atoms with van der Waals surface area (Å²) < 4.78 is 4.82. The molecule has 0 aromatic carbocycles. The van der Waals surface area contributed by atoms with Gasteiger partial charge in [0.05, 0.1) is 16.9 Å². The van der Waals surface area contributed by atoms with Crippen LogP contribution in [0, 0.1) is 0 Å². The number of ether oxygens (including phenoxy) is 1. The zero-order chi connectivity index (χ0) is 24.8. The topological polar surface area (TPSA) is 125 Å². The third-order valence-electron chi connectivity index (χ3n) is 5.96. The summed E-state index contributed by atoms with van der Waals surface area (Å²) >= 11 is 3.05. The van der Waals surface area contributed by atoms with E-state index in [-0.39, 0.29) is 11.8 Å². The summed E-state index contributed by atoms with van der Waals surface area (Å²) in [5.41, 5.74) is 0. The summed E-state index contributed by atoms with van der Waals surface area (Å²) in [5, 5.41) is 5.56. The Kier molecular flexibility index (Phi) is 9.48. The van der Waals surface area contributed by atoms with Gasteiger partial charge >= 0.3 is 5.97 Å². The molecule has 2 saturated heterocycles. The van der Waals surface area contributed by atoms with Crippen LogP contribution in [0.3, 0.4) is 0 Å². The third kappa shape index (κ3) is 6.56. The van der Waals surface area contributed by atoms with Crippen molar-refractivity contribution in [2.24, 2.45) is 0 Å². The molecular weight excluding hydrogens is 468 g/mol. The highest BCUT2D eigenvalue weighted by Gasteiger charge is 2.44. The molecule has 0 unspecified atom stereocenters. The molecule has 0 aliphatic carbocycles. The number of carbonyl (C=O) groups is 5. The van der Waals surface area contributed by atoms with Crippen molar-refractivity contribution in [2.75, 3.05) is 25.2 Å². The average Bonchev–Trinajstić information content (AvgIpc) is 3.25. The molecule has 0 spiro atoms. The van der Waals surface area contributed by atoms with Crippen molar-refractivity contribution in [1.82, 2.24) is 20.4 Å². The molecule has 3 atom stereocenters. The fourth-order valence-electron chi connectivity index (χ4n) is 3.89. The molecule has 2 fully saturated rings. The van der Waals surface area contributed by atoms with Gasteiger partial charge in [-0.1, -0.05) is 0 Å². The summed E-state index contributed by atoms with van der Waals surface area (Å²) in [7, 11) is 1.26. The zero-order valence-corrected chi connectivity index (χ0v) is 21.4. The lowest BCUT2D eigenvalue weighted by Gasteiger charge is -2.31. The summed E-state index contributed by atoms with van der Waals surface area (Å²) in [5.74, 6) is -0.151. The molecule has 10 nitrogen and oxygen atoms in total. The van der Waals surface area contributed by atoms with Crippen molar-refractivity contribution in [3.8, 4) is 0 Å². The van der Waals surface area contributed by atoms with Crippen LogP contribution in [-0.2, 0) is 28.7 Å². The number of rotatable bonds is 11. The largest absolute Gasteiger partial charge is 0.467 e. The van der Waals surface area contributed by atoms with Crippen LogP contribution < -0.4 is 10.6 Å². The predicted molar refractivity (Wildman–Crippen MR) is 127 cm³/mol. The number of amides is 4. The van der Waals surface area contributed by atoms with Crippen LogP contribution in [-0.4, -0.2) is 93.4 Å². The SMILES string of the molecule is COC(=O)[C@H](CCCCNC(=O)[C@H]1CSC(C)(C)N1C=O)NC(=O)[C@@H]1CSC(C)(C)N1C=O. The number of hydrogen-bond donors (Lipinski definition) is 2. The molecule has 0 bridgehead atoms. The van der Waals surface area contributed by atoms with E-state index in [1.165, 1.54) is 28.7 Å². The van der Waals surface area contributed by atoms with Gasteiger partial charge in [0.15, 0.2) is 0 Å². The number of nitrogens with one attached hydrogen (secondary N) is 2. The lowest BCUT2D eigenvalue weighted by molar-refractivity contribution is -0.146. The Hall–Kier alpha value is -1.95. The van der Waals surface area contributed by atoms with Crippen LogP contribution in [0.2, 0.25) is 0 Å². The van der Waals surface area contributed by atoms with Gasteiger partial charge in [-0.05, 0) is 47.0 Å². The van der Waals surface area contributed by atoms with Crippen molar-refractivity contribution >= 4 is 54.1 Å². The molecular formula is C21H34N4O6S2. The molecule has 0 aromatic heterocycles. The van der Waals surface area contributed by atoms with E-state index in [4.69, 9.17) is 4.74 Å². The van der Waals surface area contributed by atoms with Crippen LogP contribution >= 0.6 is 23.5 Å². The Morgan fingerprint density at radius 1 is 0.970 bits per heavy atom. The first-order chi connectivity index (χ1) is 15.5. The van der Waals surface area contributed by atoms with E-state index in [0.29, 0.717) is 50.1 Å². The van der Waals surface area contributed by atoms with Gasteiger partial charge in [-0.25, -0.2) is 4.79 Å². The first-order valence-corrected chi connectivity index (χ1v) is 12.9. The molecule has 2 heterocycles. The normalized spacial score (nSPS) is 24.2. The van der Waals surface area contributed by atoms with Crippen molar-refractivity contribution in [2.45, 2.75) is 74.8 Å². The van der Waals surface area contributed by atoms with E-state index in [1.807, 2.05) is 27.7 Å². The summed E-state index contributed by atoms with van der Waals surface area (Å²) in [6.45, 7) is 7.93. The van der Waals surface area contributed by atoms with E-state index < -0.39 is 33.8 Å². The van der Waals surface area contributed by atoms with Gasteiger partial charge in [0.2, 0.25) is 24.6 Å². The Morgan fingerprint density at radius 3 is 1.97 bits per heavy atom. The molecule has 0 aromatic rings. The van der Waals surface area contributed by atoms with E-state index >= 15 is 0 Å². The molecule has 186 valence electrons. The minimum atomic E-state index is -0.835. The molecule has 0 radical (unpaired) electrons. The predicted octanol–water partition coefficient (Wildman–Crippen LogP) is 0.551. The number of methoxy groups -OCH3 is 1. The third-order valence-corrected chi connectivity index (χ3v) is 8.76. The molecule has 2 rings (SSSR count). The van der Waals surface area contributed by atoms with Gasteiger partial charge in [-0.15, -0.1) is 23.5 Å². The quantitative estimate of drug-likeness (QED) is 0.238. The second kappa shape index (κ2) is 11.5. The number of hydrogen-bond acceptors (Lipinski definition) is 8. The minimum absolute atomic E-state index is 0.201. The van der Waals surface area contributed by atoms with Crippen LogP contribution in [0.15, 0.2) is 0 Å². The van der Waals surface area contributed by atoms with Crippen LogP contribution in [0.5, 0.6) is 0 Å². The monoisotopic (exact) mass is 502 g/mol. The summed E-state index contributed by atoms with van der Waals surface area (Å²) in [4.78, 5) is 62.3. The first-order valence-electron chi connectivity index (χ1n) is 10.9. The lowest BCUT2D eigenvalue weighted by atomic mass is 10.1. The zero-order valence-electron chi connectivity index (χ0n) is 19.8. The molecule has 4 amide bonds. The molecule has 0 saturated carbocycles. The standard InChI is InChI=1S/C21H34N4O6S2/c1-20(2)24(12-26)15(10-32-20)17(28)22-9-7-6-8-14(19(30)31-5)23-18(29)16-11-33-21(3,4)25(16)13-27/h12-16H,6-11H2,1-5H3,(H,22,28)(H,23,29)/t14-,15+,16-/m0/s1. The molecule has 2 aliphatic rings. The van der Waals surface area contributed by atoms with Gasteiger partial charge in [0.1, 0.15) is 18.1 Å². The van der Waals surface area contributed by atoms with Crippen LogP contribution in [0.25, 0.3) is 0 Å². The van der Waals surface area contributed by atoms with Gasteiger partial charge in [-0.2, -0.15) is 0 Å². The fourth-order valence-corrected chi connectivity index (χ4v) is 6.29. The Bertz CT molecular complexity index is 763. The second-order valence-electron chi connectivity index (χ2n) is 8.94. The number of unbranched alkanes of at least 4 members (excludes halogenated alkanes) is 1. The lowest BCUT2D eigenvalue weighted by Crippen LogP contribution is -2.53. The number of nitrogens with zero attached hydrogens (tertiary/aromatic N) is 2. The maximum Gasteiger partial charge on any atom is 0.328 e. The molecule has 2 N–H and O–H groups in total. The fraction of sp³-hybridized carbons (Fsp3) is 0.762. The van der Waals surface area contributed by atoms with Crippen molar-refractivity contribution in [3.63, 3.8) is 0 Å². The molecule has 12 heteroatoms. The van der Waals surface area contributed by atoms with Gasteiger partial charge in [-0.3, -0.25) is 19.2 Å². The van der Waals surface area contributed by atoms with Crippen molar-refractivity contribution < 1.29 is 28.7 Å². The maximum atomic E-state index is 12.7. The highest BCUT2D eigenvalue weighted by molar-refractivity contribution is 8.01. The Balaban J connectivity index is 1.81. The first kappa shape index (κ1) is 27.3. The van der Waals surface area contributed by atoms with Crippen molar-refractivity contribution in [3.05, 3.63) is 0 Å². The maximum absolute atomic E-state index is 12.7. The number of thioether (sulfide) groups is 2. The number of carbonyl (C=O) groups excluding carboxylic acids is 5. The van der Waals surface area contributed by atoms with E-state index in [0.717, 1.165) is 0 Å². The highest BCUT2D eigenvalue weighted by Crippen LogP contribution is 2.38. The van der Waals surface area contributed by atoms with Crippen molar-refractivity contribution in [1.29, 1.82) is 0 Å². The Labute approximate surface area is 203 Å².